The van der Waals surface area contributed by atoms with Crippen molar-refractivity contribution < 1.29 is 19.4 Å². The van der Waals surface area contributed by atoms with Crippen molar-refractivity contribution in [1.82, 2.24) is 4.90 Å². The summed E-state index contributed by atoms with van der Waals surface area (Å²) in [4.78, 5) is 14.2. The molecule has 3 aromatic rings. The van der Waals surface area contributed by atoms with Gasteiger partial charge in [-0.3, -0.25) is 9.69 Å². The fraction of sp³-hybridized carbons (Fsp3) is 0.318. The molecule has 0 saturated carbocycles. The second-order valence-electron chi connectivity index (χ2n) is 7.29. The number of carboxylic acid groups (broad SMARTS) is 1. The number of carbonyl (C=O) groups is 1. The number of thiophene rings is 1. The molecule has 28 heavy (non-hydrogen) atoms. The van der Waals surface area contributed by atoms with Crippen LogP contribution in [0.25, 0.3) is 10.1 Å². The number of hydrogen-bond acceptors (Lipinski definition) is 5. The molecule has 6 heteroatoms. The summed E-state index contributed by atoms with van der Waals surface area (Å²) in [5, 5.41) is 13.2. The van der Waals surface area contributed by atoms with Gasteiger partial charge in [0.2, 0.25) is 6.79 Å². The number of ether oxygens (including phenoxy) is 2. The Balaban J connectivity index is 1.67. The summed E-state index contributed by atoms with van der Waals surface area (Å²) in [5.74, 6) is 0.724. The van der Waals surface area contributed by atoms with E-state index in [2.05, 4.69) is 22.4 Å². The van der Waals surface area contributed by atoms with Crippen molar-refractivity contribution in [3.05, 3.63) is 59.0 Å². The van der Waals surface area contributed by atoms with Gasteiger partial charge in [-0.2, -0.15) is 0 Å². The first-order valence-electron chi connectivity index (χ1n) is 9.56. The molecular weight excluding hydrogens is 374 g/mol. The van der Waals surface area contributed by atoms with Crippen LogP contribution in [0.5, 0.6) is 11.5 Å². The molecule has 2 aromatic carbocycles. The topological polar surface area (TPSA) is 59.0 Å². The number of carboxylic acids is 1. The fourth-order valence-corrected chi connectivity index (χ4v) is 5.35. The maximum Gasteiger partial charge on any atom is 0.320 e. The van der Waals surface area contributed by atoms with Crippen LogP contribution in [-0.4, -0.2) is 35.4 Å². The lowest BCUT2D eigenvalue weighted by Crippen LogP contribution is -2.46. The summed E-state index contributed by atoms with van der Waals surface area (Å²) in [6.07, 6.45) is 2.64. The third-order valence-corrected chi connectivity index (χ3v) is 6.66. The Bertz CT molecular complexity index is 1030. The van der Waals surface area contributed by atoms with E-state index in [1.54, 1.807) is 11.3 Å². The SMILES string of the molecule is O=C(O)C1CCCCN1C(c1ccc2c(c1)OCO2)c1csc2ccccc12. The Morgan fingerprint density at radius 1 is 1.14 bits per heavy atom. The maximum atomic E-state index is 12.0. The van der Waals surface area contributed by atoms with Gasteiger partial charge in [0.25, 0.3) is 0 Å². The Kier molecular flexibility index (Phi) is 4.45. The van der Waals surface area contributed by atoms with Gasteiger partial charge in [-0.25, -0.2) is 0 Å². The van der Waals surface area contributed by atoms with Gasteiger partial charge in [-0.15, -0.1) is 11.3 Å². The molecule has 0 aliphatic carbocycles. The largest absolute Gasteiger partial charge is 0.480 e. The van der Waals surface area contributed by atoms with Crippen molar-refractivity contribution in [2.75, 3.05) is 13.3 Å². The van der Waals surface area contributed by atoms with E-state index in [1.807, 2.05) is 30.3 Å². The summed E-state index contributed by atoms with van der Waals surface area (Å²) in [6.45, 7) is 0.993. The quantitative estimate of drug-likeness (QED) is 0.696. The molecule has 144 valence electrons. The molecule has 1 saturated heterocycles. The molecule has 0 radical (unpaired) electrons. The molecule has 1 fully saturated rings. The van der Waals surface area contributed by atoms with Gasteiger partial charge in [-0.05, 0) is 59.5 Å². The molecule has 5 rings (SSSR count). The van der Waals surface area contributed by atoms with E-state index in [-0.39, 0.29) is 12.8 Å². The van der Waals surface area contributed by atoms with Crippen LogP contribution in [0.1, 0.15) is 36.4 Å². The van der Waals surface area contributed by atoms with Crippen molar-refractivity contribution in [1.29, 1.82) is 0 Å². The van der Waals surface area contributed by atoms with Crippen LogP contribution >= 0.6 is 11.3 Å². The van der Waals surface area contributed by atoms with Crippen LogP contribution in [-0.2, 0) is 4.79 Å². The van der Waals surface area contributed by atoms with E-state index < -0.39 is 12.0 Å². The number of likely N-dealkylation sites (tertiary alicyclic amines) is 1. The molecule has 2 aliphatic heterocycles. The van der Waals surface area contributed by atoms with Gasteiger partial charge in [0.1, 0.15) is 6.04 Å². The normalized spacial score (nSPS) is 20.4. The van der Waals surface area contributed by atoms with Crippen molar-refractivity contribution in [2.45, 2.75) is 31.3 Å². The molecule has 2 atom stereocenters. The molecule has 0 bridgehead atoms. The zero-order valence-corrected chi connectivity index (χ0v) is 16.2. The van der Waals surface area contributed by atoms with Gasteiger partial charge in [0, 0.05) is 4.70 Å². The molecule has 1 aromatic heterocycles. The fourth-order valence-electron chi connectivity index (χ4n) is 4.37. The highest BCUT2D eigenvalue weighted by atomic mass is 32.1. The van der Waals surface area contributed by atoms with Gasteiger partial charge in [-0.1, -0.05) is 30.7 Å². The Hall–Kier alpha value is -2.57. The summed E-state index contributed by atoms with van der Waals surface area (Å²) in [7, 11) is 0. The van der Waals surface area contributed by atoms with Crippen molar-refractivity contribution in [3.8, 4) is 11.5 Å². The molecule has 0 amide bonds. The molecular formula is C22H21NO4S. The van der Waals surface area contributed by atoms with Crippen LogP contribution in [0.2, 0.25) is 0 Å². The van der Waals surface area contributed by atoms with Crippen molar-refractivity contribution >= 4 is 27.4 Å². The van der Waals surface area contributed by atoms with Crippen LogP contribution in [0, 0.1) is 0 Å². The molecule has 2 unspecified atom stereocenters. The first-order valence-corrected chi connectivity index (χ1v) is 10.4. The van der Waals surface area contributed by atoms with Crippen LogP contribution in [0.15, 0.2) is 47.8 Å². The predicted molar refractivity (Wildman–Crippen MR) is 108 cm³/mol. The second kappa shape index (κ2) is 7.11. The third-order valence-electron chi connectivity index (χ3n) is 5.68. The lowest BCUT2D eigenvalue weighted by Gasteiger charge is -2.39. The molecule has 0 spiro atoms. The number of rotatable bonds is 4. The third kappa shape index (κ3) is 2.93. The van der Waals surface area contributed by atoms with Gasteiger partial charge in [0.05, 0.1) is 6.04 Å². The first kappa shape index (κ1) is 17.5. The minimum absolute atomic E-state index is 0.132. The number of aliphatic carboxylic acids is 1. The van der Waals surface area contributed by atoms with E-state index in [0.29, 0.717) is 6.42 Å². The highest BCUT2D eigenvalue weighted by Gasteiger charge is 2.36. The number of fused-ring (bicyclic) bond motifs is 2. The molecule has 1 N–H and O–H groups in total. The molecule has 2 aliphatic rings. The minimum atomic E-state index is -0.745. The van der Waals surface area contributed by atoms with E-state index in [0.717, 1.165) is 42.0 Å². The lowest BCUT2D eigenvalue weighted by molar-refractivity contribution is -0.145. The van der Waals surface area contributed by atoms with Crippen molar-refractivity contribution in [3.63, 3.8) is 0 Å². The zero-order valence-electron chi connectivity index (χ0n) is 15.3. The molecule has 5 nitrogen and oxygen atoms in total. The minimum Gasteiger partial charge on any atom is -0.480 e. The number of benzene rings is 2. The highest BCUT2D eigenvalue weighted by Crippen LogP contribution is 2.43. The Labute approximate surface area is 167 Å². The monoisotopic (exact) mass is 395 g/mol. The van der Waals surface area contributed by atoms with E-state index in [9.17, 15) is 9.90 Å². The van der Waals surface area contributed by atoms with Crippen LogP contribution in [0.4, 0.5) is 0 Å². The summed E-state index contributed by atoms with van der Waals surface area (Å²) in [5.41, 5.74) is 2.20. The average molecular weight is 395 g/mol. The summed E-state index contributed by atoms with van der Waals surface area (Å²) < 4.78 is 12.3. The van der Waals surface area contributed by atoms with E-state index in [4.69, 9.17) is 9.47 Å². The standard InChI is InChI=1S/C22H21NO4S/c24-22(25)17-6-3-4-10-23(17)21(14-8-9-18-19(11-14)27-13-26-18)16-12-28-20-7-2-1-5-15(16)20/h1-2,5,7-9,11-12,17,21H,3-4,6,10,13H2,(H,24,25). The Morgan fingerprint density at radius 3 is 2.89 bits per heavy atom. The smallest absolute Gasteiger partial charge is 0.320 e. The van der Waals surface area contributed by atoms with Crippen LogP contribution in [0.3, 0.4) is 0 Å². The predicted octanol–water partition coefficient (Wildman–Crippen LogP) is 4.66. The van der Waals surface area contributed by atoms with Gasteiger partial charge >= 0.3 is 5.97 Å². The van der Waals surface area contributed by atoms with Crippen LogP contribution < -0.4 is 9.47 Å². The molecule has 3 heterocycles. The first-order chi connectivity index (χ1) is 13.7. The lowest BCUT2D eigenvalue weighted by atomic mass is 9.91. The average Bonchev–Trinajstić information content (AvgIpc) is 3.35. The zero-order chi connectivity index (χ0) is 19.1. The summed E-state index contributed by atoms with van der Waals surface area (Å²) in [6, 6.07) is 13.7. The summed E-state index contributed by atoms with van der Waals surface area (Å²) >= 11 is 1.71. The highest BCUT2D eigenvalue weighted by molar-refractivity contribution is 7.17. The number of nitrogens with zero attached hydrogens (tertiary/aromatic N) is 1. The second-order valence-corrected chi connectivity index (χ2v) is 8.20. The van der Waals surface area contributed by atoms with Gasteiger partial charge < -0.3 is 14.6 Å². The maximum absolute atomic E-state index is 12.0. The van der Waals surface area contributed by atoms with E-state index in [1.165, 1.54) is 10.1 Å². The number of hydrogen-bond donors (Lipinski definition) is 1. The van der Waals surface area contributed by atoms with Crippen molar-refractivity contribution in [2.24, 2.45) is 0 Å². The van der Waals surface area contributed by atoms with E-state index >= 15 is 0 Å². The Morgan fingerprint density at radius 2 is 2.00 bits per heavy atom. The van der Waals surface area contributed by atoms with Gasteiger partial charge in [0.15, 0.2) is 11.5 Å². The number of piperidine rings is 1.